The number of methoxy groups -OCH3 is 1. The molecule has 8 heteroatoms. The van der Waals surface area contributed by atoms with E-state index in [2.05, 4.69) is 10.3 Å². The number of benzene rings is 1. The normalized spacial score (nSPS) is 13.2. The smallest absolute Gasteiger partial charge is 0.264 e. The number of para-hydroxylation sites is 2. The monoisotopic (exact) mass is 403 g/mol. The van der Waals surface area contributed by atoms with Gasteiger partial charge < -0.3 is 14.4 Å². The Morgan fingerprint density at radius 3 is 2.75 bits per heavy atom. The number of carbonyl (C=O) groups is 2. The Kier molecular flexibility index (Phi) is 6.51. The molecule has 1 aromatic heterocycles. The Bertz CT molecular complexity index is 850. The molecule has 1 aromatic carbocycles. The fourth-order valence-electron chi connectivity index (χ4n) is 2.98. The number of aromatic nitrogens is 1. The van der Waals surface area contributed by atoms with Gasteiger partial charge in [0.1, 0.15) is 0 Å². The molecule has 28 heavy (non-hydrogen) atoms. The summed E-state index contributed by atoms with van der Waals surface area (Å²) >= 11 is 1.42. The number of carbonyl (C=O) groups excluding carboxylic acids is 2. The third-order valence-corrected chi connectivity index (χ3v) is 5.34. The summed E-state index contributed by atoms with van der Waals surface area (Å²) in [7, 11) is 1.55. The van der Waals surface area contributed by atoms with Crippen molar-refractivity contribution in [2.24, 2.45) is 5.92 Å². The number of hydrogen-bond acceptors (Lipinski definition) is 6. The Hall–Kier alpha value is -2.61. The van der Waals surface area contributed by atoms with Gasteiger partial charge in [0.15, 0.2) is 23.2 Å². The van der Waals surface area contributed by atoms with E-state index < -0.39 is 0 Å². The van der Waals surface area contributed by atoms with Gasteiger partial charge in [-0.2, -0.15) is 0 Å². The van der Waals surface area contributed by atoms with E-state index in [9.17, 15) is 9.59 Å². The molecule has 7 nitrogen and oxygen atoms in total. The average Bonchev–Trinajstić information content (AvgIpc) is 3.07. The van der Waals surface area contributed by atoms with Gasteiger partial charge in [-0.1, -0.05) is 37.3 Å². The maximum atomic E-state index is 12.3. The number of anilines is 1. The number of rotatable bonds is 7. The molecular weight excluding hydrogens is 378 g/mol. The van der Waals surface area contributed by atoms with Crippen molar-refractivity contribution < 1.29 is 19.1 Å². The predicted octanol–water partition coefficient (Wildman–Crippen LogP) is 3.10. The van der Waals surface area contributed by atoms with Crippen LogP contribution in [-0.4, -0.2) is 42.0 Å². The Morgan fingerprint density at radius 1 is 1.29 bits per heavy atom. The number of thiazole rings is 1. The lowest BCUT2D eigenvalue weighted by Gasteiger charge is -2.26. The van der Waals surface area contributed by atoms with E-state index >= 15 is 0 Å². The molecule has 2 amide bonds. The number of hydrogen-bond donors (Lipinski definition) is 1. The van der Waals surface area contributed by atoms with E-state index in [0.717, 1.165) is 10.6 Å². The van der Waals surface area contributed by atoms with Crippen LogP contribution >= 0.6 is 11.3 Å². The molecule has 0 saturated heterocycles. The third-order valence-electron chi connectivity index (χ3n) is 4.34. The average molecular weight is 404 g/mol. The molecule has 0 aliphatic carbocycles. The molecule has 1 aliphatic rings. The van der Waals surface area contributed by atoms with Gasteiger partial charge in [-0.25, -0.2) is 4.98 Å². The summed E-state index contributed by atoms with van der Waals surface area (Å²) in [6, 6.07) is 7.17. The molecule has 150 valence electrons. The van der Waals surface area contributed by atoms with Crippen LogP contribution in [0.2, 0.25) is 0 Å². The minimum Gasteiger partial charge on any atom is -0.493 e. The van der Waals surface area contributed by atoms with Crippen LogP contribution in [0.15, 0.2) is 24.3 Å². The maximum Gasteiger partial charge on any atom is 0.264 e. The number of fused-ring (bicyclic) bond motifs is 1. The van der Waals surface area contributed by atoms with Crippen LogP contribution < -0.4 is 14.8 Å². The zero-order chi connectivity index (χ0) is 20.1. The van der Waals surface area contributed by atoms with Crippen LogP contribution in [0.1, 0.15) is 30.8 Å². The molecule has 0 fully saturated rings. The van der Waals surface area contributed by atoms with Crippen LogP contribution in [0.3, 0.4) is 0 Å². The van der Waals surface area contributed by atoms with E-state index in [1.165, 1.54) is 11.3 Å². The van der Waals surface area contributed by atoms with Crippen molar-refractivity contribution in [2.45, 2.75) is 33.2 Å². The molecule has 0 atom stereocenters. The molecular formula is C20H25N3O4S. The number of nitrogens with zero attached hydrogens (tertiary/aromatic N) is 2. The molecule has 2 aromatic rings. The maximum absolute atomic E-state index is 12.3. The lowest BCUT2D eigenvalue weighted by atomic mass is 10.1. The summed E-state index contributed by atoms with van der Waals surface area (Å²) in [6.07, 6.45) is 1.27. The van der Waals surface area contributed by atoms with Crippen molar-refractivity contribution in [3.8, 4) is 11.5 Å². The molecule has 0 radical (unpaired) electrons. The highest BCUT2D eigenvalue weighted by atomic mass is 32.1. The van der Waals surface area contributed by atoms with E-state index in [1.54, 1.807) is 19.2 Å². The second kappa shape index (κ2) is 9.05. The zero-order valence-corrected chi connectivity index (χ0v) is 17.2. The molecule has 0 unspecified atom stereocenters. The molecule has 0 spiro atoms. The second-order valence-electron chi connectivity index (χ2n) is 7.04. The van der Waals surface area contributed by atoms with Gasteiger partial charge in [0.25, 0.3) is 5.91 Å². The number of amides is 2. The van der Waals surface area contributed by atoms with Crippen molar-refractivity contribution >= 4 is 28.3 Å². The molecule has 3 rings (SSSR count). The van der Waals surface area contributed by atoms with Gasteiger partial charge in [-0.3, -0.25) is 14.9 Å². The first kappa shape index (κ1) is 20.1. The Morgan fingerprint density at radius 2 is 2.04 bits per heavy atom. The van der Waals surface area contributed by atoms with Crippen molar-refractivity contribution in [3.63, 3.8) is 0 Å². The summed E-state index contributed by atoms with van der Waals surface area (Å²) in [5.74, 6) is 1.31. The Balaban J connectivity index is 1.56. The van der Waals surface area contributed by atoms with Gasteiger partial charge in [-0.05, 0) is 18.1 Å². The van der Waals surface area contributed by atoms with Crippen molar-refractivity contribution in [2.75, 3.05) is 25.6 Å². The second-order valence-corrected chi connectivity index (χ2v) is 8.12. The predicted molar refractivity (Wildman–Crippen MR) is 108 cm³/mol. The summed E-state index contributed by atoms with van der Waals surface area (Å²) < 4.78 is 10.7. The van der Waals surface area contributed by atoms with Gasteiger partial charge >= 0.3 is 0 Å². The first-order valence-corrected chi connectivity index (χ1v) is 10.1. The Labute approximate surface area is 168 Å². The quantitative estimate of drug-likeness (QED) is 0.768. The van der Waals surface area contributed by atoms with Crippen LogP contribution in [-0.2, 0) is 22.6 Å². The minimum absolute atomic E-state index is 0.135. The summed E-state index contributed by atoms with van der Waals surface area (Å²) in [6.45, 7) is 5.18. The van der Waals surface area contributed by atoms with Crippen molar-refractivity contribution in [3.05, 3.63) is 34.8 Å². The molecule has 1 aliphatic heterocycles. The molecule has 1 N–H and O–H groups in total. The van der Waals surface area contributed by atoms with E-state index in [1.807, 2.05) is 30.9 Å². The van der Waals surface area contributed by atoms with Gasteiger partial charge in [0.05, 0.1) is 19.3 Å². The fourth-order valence-corrected chi connectivity index (χ4v) is 4.02. The van der Waals surface area contributed by atoms with Crippen LogP contribution in [0.4, 0.5) is 5.13 Å². The topological polar surface area (TPSA) is 80.8 Å². The summed E-state index contributed by atoms with van der Waals surface area (Å²) in [4.78, 5) is 31.9. The zero-order valence-electron chi connectivity index (χ0n) is 16.4. The standard InChI is InChI=1S/C20H25N3O4S/c1-13(2)10-19(25)23-9-8-14-17(11-23)28-20(21-14)22-18(24)12-27-16-7-5-4-6-15(16)26-3/h4-7,13H,8-12H2,1-3H3,(H,21,22,24). The van der Waals surface area contributed by atoms with Crippen molar-refractivity contribution in [1.29, 1.82) is 0 Å². The number of ether oxygens (including phenoxy) is 2. The third kappa shape index (κ3) is 5.01. The van der Waals surface area contributed by atoms with E-state index in [4.69, 9.17) is 9.47 Å². The van der Waals surface area contributed by atoms with E-state index in [0.29, 0.717) is 48.5 Å². The highest BCUT2D eigenvalue weighted by Gasteiger charge is 2.24. The SMILES string of the molecule is COc1ccccc1OCC(=O)Nc1nc2c(s1)CN(C(=O)CC(C)C)CC2. The first-order chi connectivity index (χ1) is 13.5. The highest BCUT2D eigenvalue weighted by molar-refractivity contribution is 7.15. The largest absolute Gasteiger partial charge is 0.493 e. The number of nitrogens with one attached hydrogen (secondary N) is 1. The van der Waals surface area contributed by atoms with Crippen molar-refractivity contribution in [1.82, 2.24) is 9.88 Å². The summed E-state index contributed by atoms with van der Waals surface area (Å²) in [5.41, 5.74) is 0.958. The highest BCUT2D eigenvalue weighted by Crippen LogP contribution is 2.29. The first-order valence-electron chi connectivity index (χ1n) is 9.28. The lowest BCUT2D eigenvalue weighted by molar-refractivity contribution is -0.132. The lowest BCUT2D eigenvalue weighted by Crippen LogP contribution is -2.36. The molecule has 0 bridgehead atoms. The van der Waals surface area contributed by atoms with Crippen LogP contribution in [0.25, 0.3) is 0 Å². The van der Waals surface area contributed by atoms with Crippen LogP contribution in [0.5, 0.6) is 11.5 Å². The van der Waals surface area contributed by atoms with Gasteiger partial charge in [-0.15, -0.1) is 0 Å². The molecule has 0 saturated carbocycles. The van der Waals surface area contributed by atoms with Gasteiger partial charge in [0.2, 0.25) is 5.91 Å². The molecule has 2 heterocycles. The fraction of sp³-hybridized carbons (Fsp3) is 0.450. The minimum atomic E-state index is -0.287. The van der Waals surface area contributed by atoms with E-state index in [-0.39, 0.29) is 18.4 Å². The van der Waals surface area contributed by atoms with Crippen LogP contribution in [0, 0.1) is 5.92 Å². The van der Waals surface area contributed by atoms with Gasteiger partial charge in [0, 0.05) is 24.3 Å². The summed E-state index contributed by atoms with van der Waals surface area (Å²) in [5, 5.41) is 3.32.